The molecule has 0 unspecified atom stereocenters. The second-order valence-corrected chi connectivity index (χ2v) is 6.63. The van der Waals surface area contributed by atoms with Gasteiger partial charge in [-0.2, -0.15) is 0 Å². The first-order chi connectivity index (χ1) is 13.1. The number of thiol groups is 1. The van der Waals surface area contributed by atoms with Gasteiger partial charge in [0.2, 0.25) is 0 Å². The number of hydrogen-bond acceptors (Lipinski definition) is 2. The maximum atomic E-state index is 4.61. The first-order valence-corrected chi connectivity index (χ1v) is 9.99. The van der Waals surface area contributed by atoms with E-state index in [1.807, 2.05) is 13.8 Å². The van der Waals surface area contributed by atoms with E-state index < -0.39 is 0 Å². The van der Waals surface area contributed by atoms with Crippen LogP contribution in [0.25, 0.3) is 16.6 Å². The van der Waals surface area contributed by atoms with Crippen LogP contribution in [0.2, 0.25) is 0 Å². The molecule has 1 aromatic heterocycles. The van der Waals surface area contributed by atoms with Crippen molar-refractivity contribution in [1.82, 2.24) is 4.57 Å². The van der Waals surface area contributed by atoms with Crippen LogP contribution in [0.4, 0.5) is 5.69 Å². The van der Waals surface area contributed by atoms with Crippen molar-refractivity contribution in [2.45, 2.75) is 34.1 Å². The second-order valence-electron chi connectivity index (χ2n) is 6.12. The third kappa shape index (κ3) is 4.30. The highest BCUT2D eigenvalue weighted by molar-refractivity contribution is 7.84. The summed E-state index contributed by atoms with van der Waals surface area (Å²) >= 11 is 4.61. The minimum Gasteiger partial charge on any atom is -0.350 e. The number of allylic oxidation sites excluding steroid dienone is 1. The predicted molar refractivity (Wildman–Crippen MR) is 124 cm³/mol. The molecule has 0 saturated heterocycles. The van der Waals surface area contributed by atoms with E-state index in [1.165, 1.54) is 22.0 Å². The summed E-state index contributed by atoms with van der Waals surface area (Å²) in [4.78, 5) is 2.13. The molecule has 3 aromatic rings. The molecule has 1 heterocycles. The van der Waals surface area contributed by atoms with Crippen molar-refractivity contribution in [3.8, 4) is 0 Å². The lowest BCUT2D eigenvalue weighted by atomic mass is 10.0. The van der Waals surface area contributed by atoms with Crippen LogP contribution >= 0.6 is 12.6 Å². The Bertz CT molecular complexity index is 950. The molecule has 27 heavy (non-hydrogen) atoms. The van der Waals surface area contributed by atoms with Gasteiger partial charge >= 0.3 is 0 Å². The molecule has 0 saturated carbocycles. The number of aryl methyl sites for hydroxylation is 2. The first kappa shape index (κ1) is 20.9. The van der Waals surface area contributed by atoms with Gasteiger partial charge in [-0.25, -0.2) is 0 Å². The van der Waals surface area contributed by atoms with Gasteiger partial charge in [-0.05, 0) is 48.7 Å². The van der Waals surface area contributed by atoms with Crippen LogP contribution in [-0.2, 0) is 13.5 Å². The van der Waals surface area contributed by atoms with Crippen LogP contribution in [0.15, 0.2) is 72.4 Å². The number of nitrogens with zero attached hydrogens (tertiary/aromatic N) is 2. The Morgan fingerprint density at radius 1 is 1.15 bits per heavy atom. The monoisotopic (exact) mass is 378 g/mol. The van der Waals surface area contributed by atoms with Crippen LogP contribution in [-0.4, -0.2) is 4.57 Å². The standard InChI is InChI=1S/C22H24N2S.C2H6/c1-5-17-9-7-10-18(15-17)20(6-2)24(16(3)25)22-12-8-11-21-19(22)13-14-23(21)4;1-2/h6-15,25H,3,5H2,1-2,4H3;1-2H3/b20-6-;. The molecule has 0 aliphatic rings. The number of fused-ring (bicyclic) bond motifs is 1. The summed E-state index contributed by atoms with van der Waals surface area (Å²) in [6.07, 6.45) is 5.22. The molecule has 0 atom stereocenters. The van der Waals surface area contributed by atoms with E-state index in [4.69, 9.17) is 0 Å². The van der Waals surface area contributed by atoms with E-state index in [1.54, 1.807) is 0 Å². The Hall–Kier alpha value is -2.39. The topological polar surface area (TPSA) is 8.17 Å². The Kier molecular flexibility index (Phi) is 7.37. The van der Waals surface area contributed by atoms with Gasteiger partial charge in [0.15, 0.2) is 0 Å². The molecule has 0 fully saturated rings. The van der Waals surface area contributed by atoms with Gasteiger partial charge in [-0.3, -0.25) is 0 Å². The fourth-order valence-corrected chi connectivity index (χ4v) is 3.48. The zero-order valence-corrected chi connectivity index (χ0v) is 17.9. The van der Waals surface area contributed by atoms with Crippen LogP contribution in [0.3, 0.4) is 0 Å². The molecule has 0 N–H and O–H groups in total. The SMILES string of the molecule is C=C(S)N(/C(=C\C)c1cccc(CC)c1)c1cccc2c1ccn2C.CC. The van der Waals surface area contributed by atoms with Crippen molar-refractivity contribution in [1.29, 1.82) is 0 Å². The number of aromatic nitrogens is 1. The molecule has 0 radical (unpaired) electrons. The van der Waals surface area contributed by atoms with Gasteiger partial charge in [0, 0.05) is 29.8 Å². The average molecular weight is 379 g/mol. The van der Waals surface area contributed by atoms with Gasteiger partial charge in [-0.1, -0.05) is 57.7 Å². The van der Waals surface area contributed by atoms with Gasteiger partial charge < -0.3 is 9.47 Å². The Morgan fingerprint density at radius 2 is 1.85 bits per heavy atom. The fourth-order valence-electron chi connectivity index (χ4n) is 3.26. The molecule has 3 heteroatoms. The first-order valence-electron chi connectivity index (χ1n) is 9.54. The summed E-state index contributed by atoms with van der Waals surface area (Å²) in [5.41, 5.74) is 5.86. The molecule has 0 aliphatic carbocycles. The summed E-state index contributed by atoms with van der Waals surface area (Å²) in [5, 5.41) is 1.89. The third-order valence-corrected chi connectivity index (χ3v) is 4.75. The zero-order valence-electron chi connectivity index (χ0n) is 17.0. The number of benzene rings is 2. The summed E-state index contributed by atoms with van der Waals surface area (Å²) < 4.78 is 2.13. The lowest BCUT2D eigenvalue weighted by Crippen LogP contribution is -2.18. The van der Waals surface area contributed by atoms with Crippen molar-refractivity contribution in [2.75, 3.05) is 4.90 Å². The predicted octanol–water partition coefficient (Wildman–Crippen LogP) is 7.04. The largest absolute Gasteiger partial charge is 0.350 e. The van der Waals surface area contributed by atoms with E-state index in [0.29, 0.717) is 5.03 Å². The number of hydrogen-bond donors (Lipinski definition) is 1. The lowest BCUT2D eigenvalue weighted by molar-refractivity contribution is 0.969. The van der Waals surface area contributed by atoms with Crippen LogP contribution < -0.4 is 4.90 Å². The fraction of sp³-hybridized carbons (Fsp3) is 0.250. The van der Waals surface area contributed by atoms with Crippen molar-refractivity contribution >= 4 is 34.9 Å². The molecular weight excluding hydrogens is 348 g/mol. The van der Waals surface area contributed by atoms with Crippen molar-refractivity contribution in [3.05, 3.63) is 83.5 Å². The van der Waals surface area contributed by atoms with Crippen molar-refractivity contribution in [3.63, 3.8) is 0 Å². The van der Waals surface area contributed by atoms with Gasteiger partial charge in [0.1, 0.15) is 0 Å². The van der Waals surface area contributed by atoms with Gasteiger partial charge in [-0.15, -0.1) is 12.6 Å². The quantitative estimate of drug-likeness (QED) is 0.468. The van der Waals surface area contributed by atoms with Gasteiger partial charge in [0.05, 0.1) is 10.7 Å². The van der Waals surface area contributed by atoms with Gasteiger partial charge in [0.25, 0.3) is 0 Å². The van der Waals surface area contributed by atoms with E-state index >= 15 is 0 Å². The van der Waals surface area contributed by atoms with Crippen LogP contribution in [0.5, 0.6) is 0 Å². The summed E-state index contributed by atoms with van der Waals surface area (Å²) in [6, 6.07) is 17.1. The Labute approximate surface area is 169 Å². The molecule has 2 aromatic carbocycles. The molecule has 0 spiro atoms. The Morgan fingerprint density at radius 3 is 2.48 bits per heavy atom. The summed E-state index contributed by atoms with van der Waals surface area (Å²) in [5.74, 6) is 0. The van der Waals surface area contributed by atoms with Crippen LogP contribution in [0.1, 0.15) is 38.8 Å². The lowest BCUT2D eigenvalue weighted by Gasteiger charge is -2.28. The van der Waals surface area contributed by atoms with E-state index in [-0.39, 0.29) is 0 Å². The molecule has 0 aliphatic heterocycles. The molecule has 0 bridgehead atoms. The average Bonchev–Trinajstić information content (AvgIpc) is 3.08. The number of rotatable bonds is 5. The highest BCUT2D eigenvalue weighted by Crippen LogP contribution is 2.36. The van der Waals surface area contributed by atoms with E-state index in [2.05, 4.69) is 110 Å². The second kappa shape index (κ2) is 9.52. The maximum Gasteiger partial charge on any atom is 0.0695 e. The van der Waals surface area contributed by atoms with Crippen LogP contribution in [0, 0.1) is 0 Å². The summed E-state index contributed by atoms with van der Waals surface area (Å²) in [6.45, 7) is 12.4. The normalized spacial score (nSPS) is 11.1. The molecule has 3 rings (SSSR count). The number of anilines is 1. The Balaban J connectivity index is 0.00000126. The highest BCUT2D eigenvalue weighted by atomic mass is 32.1. The molecule has 0 amide bonds. The maximum absolute atomic E-state index is 4.61. The van der Waals surface area contributed by atoms with Crippen molar-refractivity contribution in [2.24, 2.45) is 7.05 Å². The summed E-state index contributed by atoms with van der Waals surface area (Å²) in [7, 11) is 2.06. The molecule has 2 nitrogen and oxygen atoms in total. The molecule has 142 valence electrons. The highest BCUT2D eigenvalue weighted by Gasteiger charge is 2.18. The minimum atomic E-state index is 0.700. The smallest absolute Gasteiger partial charge is 0.0695 e. The van der Waals surface area contributed by atoms with E-state index in [0.717, 1.165) is 17.8 Å². The molecular formula is C24H30N2S. The minimum absolute atomic E-state index is 0.700. The van der Waals surface area contributed by atoms with E-state index in [9.17, 15) is 0 Å². The zero-order chi connectivity index (χ0) is 20.0. The third-order valence-electron chi connectivity index (χ3n) is 4.55. The van der Waals surface area contributed by atoms with Crippen molar-refractivity contribution < 1.29 is 0 Å².